The molecule has 0 spiro atoms. The van der Waals surface area contributed by atoms with E-state index in [1.165, 1.54) is 6.21 Å². The van der Waals surface area contributed by atoms with E-state index in [4.69, 9.17) is 0 Å². The average Bonchev–Trinajstić information content (AvgIpc) is 2.60. The summed E-state index contributed by atoms with van der Waals surface area (Å²) in [6.07, 6.45) is 3.23. The van der Waals surface area contributed by atoms with E-state index in [9.17, 15) is 13.2 Å². The molecule has 26 heavy (non-hydrogen) atoms. The first kappa shape index (κ1) is 20.1. The molecule has 0 aliphatic rings. The standard InChI is InChI=1S/C18H20BrN3O3S/c1-3-15-6-4-5-7-17(15)22(26(2,24)25)13-18(23)21-20-12-14-8-10-16(19)11-9-14/h4-12H,3,13H2,1-2H3,(H,21,23)/b20-12-. The van der Waals surface area contributed by atoms with Crippen molar-refractivity contribution in [3.8, 4) is 0 Å². The summed E-state index contributed by atoms with van der Waals surface area (Å²) in [5.74, 6) is -0.519. The Morgan fingerprint density at radius 3 is 2.46 bits per heavy atom. The number of nitrogens with one attached hydrogen (secondary N) is 1. The molecule has 0 fully saturated rings. The van der Waals surface area contributed by atoms with Gasteiger partial charge in [-0.3, -0.25) is 9.10 Å². The summed E-state index contributed by atoms with van der Waals surface area (Å²) < 4.78 is 26.4. The van der Waals surface area contributed by atoms with E-state index in [1.807, 2.05) is 43.3 Å². The first-order chi connectivity index (χ1) is 12.3. The van der Waals surface area contributed by atoms with Crippen molar-refractivity contribution < 1.29 is 13.2 Å². The minimum atomic E-state index is -3.61. The number of carbonyl (C=O) groups excluding carboxylic acids is 1. The molecule has 0 radical (unpaired) electrons. The van der Waals surface area contributed by atoms with E-state index in [-0.39, 0.29) is 6.54 Å². The molecule has 0 heterocycles. The number of hydrogen-bond donors (Lipinski definition) is 1. The van der Waals surface area contributed by atoms with Crippen molar-refractivity contribution in [1.82, 2.24) is 5.43 Å². The molecule has 0 aliphatic heterocycles. The smallest absolute Gasteiger partial charge is 0.260 e. The van der Waals surface area contributed by atoms with E-state index >= 15 is 0 Å². The molecule has 0 unspecified atom stereocenters. The summed E-state index contributed by atoms with van der Waals surface area (Å²) >= 11 is 3.34. The zero-order valence-electron chi connectivity index (χ0n) is 14.5. The Morgan fingerprint density at radius 1 is 1.19 bits per heavy atom. The van der Waals surface area contributed by atoms with Gasteiger partial charge < -0.3 is 0 Å². The van der Waals surface area contributed by atoms with Crippen LogP contribution in [0.1, 0.15) is 18.1 Å². The molecule has 0 aromatic heterocycles. The molecule has 1 amide bonds. The fourth-order valence-electron chi connectivity index (χ4n) is 2.33. The molecule has 0 saturated heterocycles. The van der Waals surface area contributed by atoms with Crippen LogP contribution in [-0.2, 0) is 21.2 Å². The predicted octanol–water partition coefficient (Wildman–Crippen LogP) is 2.93. The molecule has 0 bridgehead atoms. The van der Waals surface area contributed by atoms with Crippen molar-refractivity contribution in [3.05, 3.63) is 64.1 Å². The second kappa shape index (κ2) is 8.95. The molecule has 2 rings (SSSR count). The minimum Gasteiger partial charge on any atom is -0.271 e. The van der Waals surface area contributed by atoms with Crippen molar-refractivity contribution in [2.45, 2.75) is 13.3 Å². The number of nitrogens with zero attached hydrogens (tertiary/aromatic N) is 2. The Morgan fingerprint density at radius 2 is 1.85 bits per heavy atom. The number of anilines is 1. The lowest BCUT2D eigenvalue weighted by Gasteiger charge is -2.23. The van der Waals surface area contributed by atoms with Crippen LogP contribution in [0.2, 0.25) is 0 Å². The summed E-state index contributed by atoms with van der Waals surface area (Å²) in [4.78, 5) is 12.2. The first-order valence-electron chi connectivity index (χ1n) is 7.94. The largest absolute Gasteiger partial charge is 0.271 e. The van der Waals surface area contributed by atoms with Gasteiger partial charge in [0.2, 0.25) is 10.0 Å². The quantitative estimate of drug-likeness (QED) is 0.534. The van der Waals surface area contributed by atoms with Crippen LogP contribution in [0.25, 0.3) is 0 Å². The highest BCUT2D eigenvalue weighted by molar-refractivity contribution is 9.10. The zero-order valence-corrected chi connectivity index (χ0v) is 16.9. The highest BCUT2D eigenvalue weighted by Gasteiger charge is 2.22. The number of rotatable bonds is 7. The van der Waals surface area contributed by atoms with E-state index < -0.39 is 15.9 Å². The monoisotopic (exact) mass is 437 g/mol. The summed E-state index contributed by atoms with van der Waals surface area (Å²) in [5.41, 5.74) is 4.53. The van der Waals surface area contributed by atoms with Gasteiger partial charge in [0, 0.05) is 4.47 Å². The Hall–Kier alpha value is -2.19. The van der Waals surface area contributed by atoms with Crippen LogP contribution in [0.5, 0.6) is 0 Å². The SMILES string of the molecule is CCc1ccccc1N(CC(=O)N/N=C\c1ccc(Br)cc1)S(C)(=O)=O. The van der Waals surface area contributed by atoms with Gasteiger partial charge >= 0.3 is 0 Å². The molecule has 1 N–H and O–H groups in total. The summed E-state index contributed by atoms with van der Waals surface area (Å²) in [7, 11) is -3.61. The Labute approximate surface area is 162 Å². The van der Waals surface area contributed by atoms with E-state index in [2.05, 4.69) is 26.5 Å². The van der Waals surface area contributed by atoms with E-state index in [1.54, 1.807) is 12.1 Å². The first-order valence-corrected chi connectivity index (χ1v) is 10.6. The number of hydrazone groups is 1. The van der Waals surface area contributed by atoms with Crippen LogP contribution in [0, 0.1) is 0 Å². The number of benzene rings is 2. The van der Waals surface area contributed by atoms with Gasteiger partial charge in [0.15, 0.2) is 0 Å². The maximum atomic E-state index is 12.2. The van der Waals surface area contributed by atoms with Crippen LogP contribution >= 0.6 is 15.9 Å². The highest BCUT2D eigenvalue weighted by atomic mass is 79.9. The van der Waals surface area contributed by atoms with Crippen LogP contribution in [0.4, 0.5) is 5.69 Å². The Balaban J connectivity index is 2.11. The van der Waals surface area contributed by atoms with E-state index in [0.29, 0.717) is 12.1 Å². The normalized spacial score (nSPS) is 11.5. The van der Waals surface area contributed by atoms with Crippen LogP contribution < -0.4 is 9.73 Å². The molecule has 2 aromatic carbocycles. The lowest BCUT2D eigenvalue weighted by atomic mass is 10.1. The van der Waals surface area contributed by atoms with Crippen molar-refractivity contribution in [3.63, 3.8) is 0 Å². The van der Waals surface area contributed by atoms with Gasteiger partial charge in [-0.2, -0.15) is 5.10 Å². The lowest BCUT2D eigenvalue weighted by Crippen LogP contribution is -2.39. The third-order valence-electron chi connectivity index (χ3n) is 3.60. The average molecular weight is 438 g/mol. The number of sulfonamides is 1. The molecular weight excluding hydrogens is 418 g/mol. The molecule has 2 aromatic rings. The van der Waals surface area contributed by atoms with Gasteiger partial charge in [-0.15, -0.1) is 0 Å². The van der Waals surface area contributed by atoms with Crippen molar-refractivity contribution in [1.29, 1.82) is 0 Å². The summed E-state index contributed by atoms with van der Waals surface area (Å²) in [6.45, 7) is 1.59. The van der Waals surface area contributed by atoms with Gasteiger partial charge in [0.05, 0.1) is 18.2 Å². The maximum Gasteiger partial charge on any atom is 0.260 e. The van der Waals surface area contributed by atoms with Gasteiger partial charge in [-0.25, -0.2) is 13.8 Å². The van der Waals surface area contributed by atoms with Crippen LogP contribution in [-0.4, -0.2) is 33.3 Å². The number of aryl methyl sites for hydroxylation is 1. The Bertz CT molecular complexity index is 896. The number of halogens is 1. The molecule has 0 aliphatic carbocycles. The van der Waals surface area contributed by atoms with Crippen molar-refractivity contribution in [2.24, 2.45) is 5.10 Å². The van der Waals surface area contributed by atoms with Gasteiger partial charge in [-0.1, -0.05) is 53.2 Å². The third-order valence-corrected chi connectivity index (χ3v) is 5.26. The zero-order chi connectivity index (χ0) is 19.2. The third kappa shape index (κ3) is 5.67. The Kier molecular flexibility index (Phi) is 6.93. The second-order valence-corrected chi connectivity index (χ2v) is 8.42. The van der Waals surface area contributed by atoms with Crippen LogP contribution in [0.15, 0.2) is 58.1 Å². The van der Waals surface area contributed by atoms with Gasteiger partial charge in [-0.05, 0) is 35.7 Å². The molecule has 0 atom stereocenters. The highest BCUT2D eigenvalue weighted by Crippen LogP contribution is 2.23. The molecule has 8 heteroatoms. The number of amides is 1. The molecule has 138 valence electrons. The van der Waals surface area contributed by atoms with E-state index in [0.717, 1.165) is 26.2 Å². The fourth-order valence-corrected chi connectivity index (χ4v) is 3.48. The topological polar surface area (TPSA) is 78.8 Å². The van der Waals surface area contributed by atoms with Gasteiger partial charge in [0.1, 0.15) is 6.54 Å². The lowest BCUT2D eigenvalue weighted by molar-refractivity contribution is -0.119. The van der Waals surface area contributed by atoms with Crippen molar-refractivity contribution in [2.75, 3.05) is 17.1 Å². The van der Waals surface area contributed by atoms with Gasteiger partial charge in [0.25, 0.3) is 5.91 Å². The minimum absolute atomic E-state index is 0.340. The van der Waals surface area contributed by atoms with Crippen LogP contribution in [0.3, 0.4) is 0 Å². The fraction of sp³-hybridized carbons (Fsp3) is 0.222. The molecule has 6 nitrogen and oxygen atoms in total. The molecular formula is C18H20BrN3O3S. The molecule has 0 saturated carbocycles. The summed E-state index contributed by atoms with van der Waals surface area (Å²) in [5, 5.41) is 3.88. The maximum absolute atomic E-state index is 12.2. The summed E-state index contributed by atoms with van der Waals surface area (Å²) in [6, 6.07) is 14.5. The second-order valence-electron chi connectivity index (χ2n) is 5.60. The number of carbonyl (C=O) groups is 1. The number of para-hydroxylation sites is 1. The predicted molar refractivity (Wildman–Crippen MR) is 108 cm³/mol. The number of hydrogen-bond acceptors (Lipinski definition) is 4. The van der Waals surface area contributed by atoms with Crippen molar-refractivity contribution >= 4 is 43.8 Å².